The number of aromatic nitrogens is 2. The number of alkyl halides is 2. The number of methoxy groups -OCH3 is 2. The van der Waals surface area contributed by atoms with Gasteiger partial charge in [0.05, 0.1) is 53.6 Å². The SMILES string of the molecule is C=C1CN(c2c(F)cc3c(=O)c(C(=O)O)cn([C@@H]4C[C@@H]4F)c3c2OC)C[C@]1(C)N.COc1c(F)c(F)cc2c(=O)c(C(=O)OB(F)F)cn([C@@H]3C[C@@H]3F)c12. The quantitative estimate of drug-likeness (QED) is 0.144. The van der Waals surface area contributed by atoms with Gasteiger partial charge in [0.2, 0.25) is 16.7 Å². The van der Waals surface area contributed by atoms with Gasteiger partial charge >= 0.3 is 19.4 Å². The first-order valence-corrected chi connectivity index (χ1v) is 16.1. The highest BCUT2D eigenvalue weighted by molar-refractivity contribution is 6.38. The second-order valence-corrected chi connectivity index (χ2v) is 13.3. The monoisotopic (exact) mass is 766 g/mol. The Kier molecular flexibility index (Phi) is 9.70. The van der Waals surface area contributed by atoms with Gasteiger partial charge in [-0.25, -0.2) is 35.8 Å². The highest BCUT2D eigenvalue weighted by Crippen LogP contribution is 2.47. The van der Waals surface area contributed by atoms with Gasteiger partial charge in [0, 0.05) is 38.3 Å². The van der Waals surface area contributed by atoms with Crippen molar-refractivity contribution in [2.45, 2.75) is 49.7 Å². The number of carbonyl (C=O) groups excluding carboxylic acids is 1. The lowest BCUT2D eigenvalue weighted by Crippen LogP contribution is -2.40. The Morgan fingerprint density at radius 3 is 1.83 bits per heavy atom. The van der Waals surface area contributed by atoms with Crippen LogP contribution in [-0.4, -0.2) is 78.8 Å². The summed E-state index contributed by atoms with van der Waals surface area (Å²) in [5.74, 6) is -7.32. The molecule has 0 spiro atoms. The Bertz CT molecular complexity index is 2390. The minimum absolute atomic E-state index is 0.0105. The van der Waals surface area contributed by atoms with E-state index in [1.165, 1.54) is 11.7 Å². The number of anilines is 1. The molecule has 5 atom stereocenters. The molecule has 2 aliphatic carbocycles. The molecule has 7 rings (SSSR count). The van der Waals surface area contributed by atoms with Crippen LogP contribution in [0.3, 0.4) is 0 Å². The molecule has 4 aromatic rings. The number of nitrogens with two attached hydrogens (primary N) is 1. The molecule has 286 valence electrons. The Labute approximate surface area is 300 Å². The second-order valence-electron chi connectivity index (χ2n) is 13.3. The van der Waals surface area contributed by atoms with Gasteiger partial charge in [-0.05, 0) is 24.6 Å². The highest BCUT2D eigenvalue weighted by Gasteiger charge is 2.43. The van der Waals surface area contributed by atoms with Gasteiger partial charge in [-0.2, -0.15) is 4.39 Å². The van der Waals surface area contributed by atoms with Crippen LogP contribution in [0.25, 0.3) is 21.8 Å². The molecule has 3 aliphatic rings. The predicted octanol–water partition coefficient (Wildman–Crippen LogP) is 4.88. The number of carboxylic acids is 1. The van der Waals surface area contributed by atoms with E-state index in [0.29, 0.717) is 18.2 Å². The van der Waals surface area contributed by atoms with Crippen LogP contribution in [0, 0.1) is 17.5 Å². The average molecular weight is 766 g/mol. The molecular weight excluding hydrogens is 736 g/mol. The van der Waals surface area contributed by atoms with E-state index in [4.69, 9.17) is 15.2 Å². The molecule has 1 saturated heterocycles. The topological polar surface area (TPSA) is 155 Å². The summed E-state index contributed by atoms with van der Waals surface area (Å²) in [4.78, 5) is 49.9. The van der Waals surface area contributed by atoms with E-state index >= 15 is 4.39 Å². The van der Waals surface area contributed by atoms with Crippen LogP contribution in [-0.2, 0) is 4.65 Å². The van der Waals surface area contributed by atoms with E-state index in [1.807, 2.05) is 0 Å². The number of carboxylic acid groups (broad SMARTS) is 1. The smallest absolute Gasteiger partial charge is 0.492 e. The molecule has 2 saturated carbocycles. The molecule has 20 heteroatoms. The first-order chi connectivity index (χ1) is 25.3. The van der Waals surface area contributed by atoms with E-state index in [-0.39, 0.29) is 47.2 Å². The van der Waals surface area contributed by atoms with Crippen molar-refractivity contribution in [2.24, 2.45) is 5.73 Å². The molecule has 0 amide bonds. The minimum Gasteiger partial charge on any atom is -0.492 e. The third-order valence-electron chi connectivity index (χ3n) is 9.52. The van der Waals surface area contributed by atoms with Gasteiger partial charge in [-0.15, -0.1) is 0 Å². The first-order valence-electron chi connectivity index (χ1n) is 16.1. The van der Waals surface area contributed by atoms with Crippen LogP contribution in [0.4, 0.5) is 36.3 Å². The maximum Gasteiger partial charge on any atom is 0.798 e. The maximum atomic E-state index is 15.2. The molecule has 54 heavy (non-hydrogen) atoms. The van der Waals surface area contributed by atoms with E-state index < -0.39 is 99.9 Å². The Morgan fingerprint density at radius 1 is 0.907 bits per heavy atom. The van der Waals surface area contributed by atoms with Gasteiger partial charge in [0.15, 0.2) is 23.1 Å². The van der Waals surface area contributed by atoms with Crippen LogP contribution in [0.5, 0.6) is 11.5 Å². The fraction of sp³-hybridized carbons (Fsp3) is 0.353. The Morgan fingerprint density at radius 2 is 1.39 bits per heavy atom. The van der Waals surface area contributed by atoms with Crippen molar-refractivity contribution in [3.63, 3.8) is 0 Å². The second kappa shape index (κ2) is 13.7. The summed E-state index contributed by atoms with van der Waals surface area (Å²) >= 11 is 0. The lowest BCUT2D eigenvalue weighted by molar-refractivity contribution is 0.0682. The van der Waals surface area contributed by atoms with Crippen LogP contribution in [0.15, 0.2) is 46.3 Å². The molecule has 1 aliphatic heterocycles. The van der Waals surface area contributed by atoms with Crippen LogP contribution >= 0.6 is 0 Å². The molecule has 3 N–H and O–H groups in total. The van der Waals surface area contributed by atoms with Gasteiger partial charge in [-0.3, -0.25) is 9.59 Å². The number of hydrogen-bond donors (Lipinski definition) is 2. The summed E-state index contributed by atoms with van der Waals surface area (Å²) in [6, 6.07) is -0.0271. The number of ether oxygens (including phenoxy) is 2. The molecular formula is C34H30BF7N4O8. The van der Waals surface area contributed by atoms with E-state index in [0.717, 1.165) is 30.1 Å². The summed E-state index contributed by atoms with van der Waals surface area (Å²) in [7, 11) is -1.14. The summed E-state index contributed by atoms with van der Waals surface area (Å²) in [5.41, 5.74) is 2.76. The van der Waals surface area contributed by atoms with Crippen molar-refractivity contribution < 1.29 is 59.4 Å². The minimum atomic E-state index is -3.48. The summed E-state index contributed by atoms with van der Waals surface area (Å²) < 4.78 is 111. The van der Waals surface area contributed by atoms with Crippen molar-refractivity contribution in [1.82, 2.24) is 9.13 Å². The maximum absolute atomic E-state index is 15.2. The summed E-state index contributed by atoms with van der Waals surface area (Å²) in [6.07, 6.45) is -0.476. The van der Waals surface area contributed by atoms with Gasteiger partial charge in [-0.1, -0.05) is 6.58 Å². The van der Waals surface area contributed by atoms with Crippen LogP contribution in [0.1, 0.15) is 52.6 Å². The van der Waals surface area contributed by atoms with Gasteiger partial charge in [0.1, 0.15) is 29.2 Å². The van der Waals surface area contributed by atoms with E-state index in [1.54, 1.807) is 11.8 Å². The molecule has 2 aromatic heterocycles. The summed E-state index contributed by atoms with van der Waals surface area (Å²) in [5, 5.41) is 8.68. The molecule has 0 unspecified atom stereocenters. The Balaban J connectivity index is 0.000000186. The fourth-order valence-electron chi connectivity index (χ4n) is 6.53. The zero-order valence-corrected chi connectivity index (χ0v) is 28.6. The van der Waals surface area contributed by atoms with Gasteiger partial charge < -0.3 is 39.0 Å². The summed E-state index contributed by atoms with van der Waals surface area (Å²) in [6.45, 7) is 6.29. The number of benzene rings is 2. The number of hydrogen-bond acceptors (Lipinski definition) is 9. The number of rotatable bonds is 8. The molecule has 12 nitrogen and oxygen atoms in total. The lowest BCUT2D eigenvalue weighted by Gasteiger charge is -2.25. The first kappa shape index (κ1) is 38.2. The standard InChI is InChI=1S/C20H21F2N3O4.C14H9BF5NO4/c1-9-6-24(8-20(9,2)23)16-13(22)4-10-15(18(16)29-3)25(14-5-12(14)21)7-11(17(10)26)19(27)28;1-24-13-10(18)8(17)2-5-11(13)21(9-3-7(9)16)4-6(12(5)22)14(23)25-15(19)20/h4,7,12,14H,1,5-6,8,23H2,2-3H3,(H,27,28);2,4,7,9H,3H2,1H3/t12-,14+,20-;7-,9+/m00/s1. The number of pyridine rings is 2. The molecule has 0 bridgehead atoms. The van der Waals surface area contributed by atoms with E-state index in [9.17, 15) is 50.5 Å². The van der Waals surface area contributed by atoms with Crippen molar-refractivity contribution >= 4 is 46.9 Å². The third kappa shape index (κ3) is 6.51. The van der Waals surface area contributed by atoms with Crippen molar-refractivity contribution in [3.8, 4) is 11.5 Å². The van der Waals surface area contributed by atoms with E-state index in [2.05, 4.69) is 11.2 Å². The third-order valence-corrected chi connectivity index (χ3v) is 9.52. The normalized spacial score (nSPS) is 22.9. The van der Waals surface area contributed by atoms with Crippen molar-refractivity contribution in [2.75, 3.05) is 32.2 Å². The fourth-order valence-corrected chi connectivity index (χ4v) is 6.53. The predicted molar refractivity (Wildman–Crippen MR) is 181 cm³/mol. The number of halogens is 7. The molecule has 2 aromatic carbocycles. The average Bonchev–Trinajstić information content (AvgIpc) is 3.99. The van der Waals surface area contributed by atoms with Crippen molar-refractivity contribution in [3.05, 3.63) is 85.7 Å². The highest BCUT2D eigenvalue weighted by atomic mass is 19.2. The molecule has 3 heterocycles. The largest absolute Gasteiger partial charge is 0.798 e. The number of nitrogens with zero attached hydrogens (tertiary/aromatic N) is 3. The zero-order chi connectivity index (χ0) is 39.7. The van der Waals surface area contributed by atoms with Crippen LogP contribution in [0.2, 0.25) is 0 Å². The van der Waals surface area contributed by atoms with Gasteiger partial charge in [0.25, 0.3) is 0 Å². The number of aromatic carboxylic acids is 1. The number of fused-ring (bicyclic) bond motifs is 2. The van der Waals surface area contributed by atoms with Crippen molar-refractivity contribution in [1.29, 1.82) is 0 Å². The lowest BCUT2D eigenvalue weighted by atomic mass is 9.99. The van der Waals surface area contributed by atoms with Crippen LogP contribution < -0.4 is 31.0 Å². The molecule has 3 fully saturated rings. The Hall–Kier alpha value is -5.53. The molecule has 0 radical (unpaired) electrons. The number of carbonyl (C=O) groups is 2. The zero-order valence-electron chi connectivity index (χ0n) is 28.6.